The lowest BCUT2D eigenvalue weighted by Gasteiger charge is -2.09. The number of rotatable bonds is 7. The fourth-order valence-corrected chi connectivity index (χ4v) is 1.78. The quantitative estimate of drug-likeness (QED) is 0.612. The molecule has 18 heavy (non-hydrogen) atoms. The molecule has 0 saturated heterocycles. The molecule has 1 aromatic rings. The summed E-state index contributed by atoms with van der Waals surface area (Å²) >= 11 is 3.25. The molecule has 0 aliphatic carbocycles. The number of hydrogen-bond donors (Lipinski definition) is 1. The maximum absolute atomic E-state index is 11.8. The molecule has 6 heteroatoms. The first kappa shape index (κ1) is 14.7. The third-order valence-corrected chi connectivity index (χ3v) is 2.98. The lowest BCUT2D eigenvalue weighted by Crippen LogP contribution is -2.24. The molecule has 0 aliphatic heterocycles. The number of aromatic nitrogens is 2. The van der Waals surface area contributed by atoms with Crippen LogP contribution in [0.4, 0.5) is 5.69 Å². The summed E-state index contributed by atoms with van der Waals surface area (Å²) in [4.78, 5) is 11.8. The predicted octanol–water partition coefficient (Wildman–Crippen LogP) is 1.48. The van der Waals surface area contributed by atoms with Crippen LogP contribution >= 0.6 is 15.9 Å². The van der Waals surface area contributed by atoms with E-state index < -0.39 is 0 Å². The van der Waals surface area contributed by atoms with Crippen molar-refractivity contribution < 1.29 is 4.74 Å². The molecule has 0 fully saturated rings. The normalized spacial score (nSPS) is 10.1. The zero-order valence-corrected chi connectivity index (χ0v) is 11.9. The molecule has 0 aliphatic rings. The monoisotopic (exact) mass is 313 g/mol. The van der Waals surface area contributed by atoms with E-state index in [1.165, 1.54) is 4.68 Å². The maximum Gasteiger partial charge on any atom is 0.284 e. The number of nitrogens with zero attached hydrogens (tertiary/aromatic N) is 2. The van der Waals surface area contributed by atoms with Gasteiger partial charge >= 0.3 is 0 Å². The van der Waals surface area contributed by atoms with Crippen LogP contribution in [0, 0.1) is 12.3 Å². The van der Waals surface area contributed by atoms with Gasteiger partial charge in [0.05, 0.1) is 11.9 Å². The minimum absolute atomic E-state index is 0.169. The summed E-state index contributed by atoms with van der Waals surface area (Å²) in [5.74, 6) is 2.38. The van der Waals surface area contributed by atoms with Gasteiger partial charge in [-0.2, -0.15) is 5.10 Å². The predicted molar refractivity (Wildman–Crippen MR) is 74.6 cm³/mol. The summed E-state index contributed by atoms with van der Waals surface area (Å²) in [5, 5.41) is 7.11. The molecule has 0 bridgehead atoms. The van der Waals surface area contributed by atoms with Gasteiger partial charge in [-0.1, -0.05) is 5.92 Å². The molecule has 0 atom stereocenters. The van der Waals surface area contributed by atoms with Crippen LogP contribution in [0.1, 0.15) is 13.3 Å². The number of ether oxygens (including phenoxy) is 1. The molecule has 1 aromatic heterocycles. The van der Waals surface area contributed by atoms with Crippen molar-refractivity contribution >= 4 is 21.6 Å². The maximum atomic E-state index is 11.8. The van der Waals surface area contributed by atoms with E-state index in [1.807, 2.05) is 6.92 Å². The second kappa shape index (κ2) is 7.90. The smallest absolute Gasteiger partial charge is 0.284 e. The summed E-state index contributed by atoms with van der Waals surface area (Å²) in [7, 11) is 0. The largest absolute Gasteiger partial charge is 0.383 e. The zero-order chi connectivity index (χ0) is 13.4. The first-order chi connectivity index (χ1) is 8.70. The van der Waals surface area contributed by atoms with Gasteiger partial charge in [-0.15, -0.1) is 6.42 Å². The molecule has 0 spiro atoms. The van der Waals surface area contributed by atoms with Crippen molar-refractivity contribution in [2.75, 3.05) is 25.1 Å². The molecule has 5 nitrogen and oxygen atoms in total. The third-order valence-electron chi connectivity index (χ3n) is 2.21. The summed E-state index contributed by atoms with van der Waals surface area (Å²) in [6.45, 7) is 4.26. The molecule has 0 unspecified atom stereocenters. The van der Waals surface area contributed by atoms with E-state index in [2.05, 4.69) is 32.3 Å². The van der Waals surface area contributed by atoms with E-state index in [1.54, 1.807) is 6.20 Å². The van der Waals surface area contributed by atoms with Crippen LogP contribution in [0.2, 0.25) is 0 Å². The van der Waals surface area contributed by atoms with Crippen molar-refractivity contribution in [3.63, 3.8) is 0 Å². The molecular formula is C12H16BrN3O2. The van der Waals surface area contributed by atoms with E-state index in [0.29, 0.717) is 23.4 Å². The molecular weight excluding hydrogens is 298 g/mol. The Morgan fingerprint density at radius 3 is 3.11 bits per heavy atom. The molecule has 1 N–H and O–H groups in total. The van der Waals surface area contributed by atoms with Gasteiger partial charge in [0.2, 0.25) is 0 Å². The average Bonchev–Trinajstić information content (AvgIpc) is 2.37. The van der Waals surface area contributed by atoms with Gasteiger partial charge in [0.15, 0.2) is 0 Å². The molecule has 1 rings (SSSR count). The minimum Gasteiger partial charge on any atom is -0.383 e. The van der Waals surface area contributed by atoms with Crippen molar-refractivity contribution in [2.24, 2.45) is 0 Å². The van der Waals surface area contributed by atoms with Crippen molar-refractivity contribution in [3.05, 3.63) is 21.0 Å². The molecule has 0 aromatic carbocycles. The Kier molecular flexibility index (Phi) is 6.47. The third kappa shape index (κ3) is 4.17. The SMILES string of the molecule is C#CCn1ncc(NCCCOCC)c(Br)c1=O. The summed E-state index contributed by atoms with van der Waals surface area (Å²) < 4.78 is 6.90. The zero-order valence-electron chi connectivity index (χ0n) is 10.3. The summed E-state index contributed by atoms with van der Waals surface area (Å²) in [6.07, 6.45) is 7.61. The van der Waals surface area contributed by atoms with E-state index in [9.17, 15) is 4.79 Å². The topological polar surface area (TPSA) is 56.1 Å². The Morgan fingerprint density at radius 1 is 1.67 bits per heavy atom. The first-order valence-electron chi connectivity index (χ1n) is 5.71. The lowest BCUT2D eigenvalue weighted by molar-refractivity contribution is 0.147. The van der Waals surface area contributed by atoms with Gasteiger partial charge in [0.25, 0.3) is 5.56 Å². The second-order valence-electron chi connectivity index (χ2n) is 3.52. The summed E-state index contributed by atoms with van der Waals surface area (Å²) in [6, 6.07) is 0. The van der Waals surface area contributed by atoms with Gasteiger partial charge in [0, 0.05) is 19.8 Å². The molecule has 0 saturated carbocycles. The summed E-state index contributed by atoms with van der Waals surface area (Å²) in [5.41, 5.74) is 0.438. The number of halogens is 1. The van der Waals surface area contributed by atoms with Crippen molar-refractivity contribution in [1.82, 2.24) is 9.78 Å². The Labute approximate surface area is 115 Å². The Hall–Kier alpha value is -1.32. The second-order valence-corrected chi connectivity index (χ2v) is 4.31. The Morgan fingerprint density at radius 2 is 2.44 bits per heavy atom. The highest BCUT2D eigenvalue weighted by molar-refractivity contribution is 9.10. The lowest BCUT2D eigenvalue weighted by atomic mass is 10.4. The fourth-order valence-electron chi connectivity index (χ4n) is 1.33. The van der Waals surface area contributed by atoms with Crippen LogP contribution in [0.3, 0.4) is 0 Å². The molecule has 0 amide bonds. The number of terminal acetylenes is 1. The van der Waals surface area contributed by atoms with Crippen LogP contribution in [-0.2, 0) is 11.3 Å². The van der Waals surface area contributed by atoms with Crippen molar-refractivity contribution in [1.29, 1.82) is 0 Å². The number of hydrogen-bond acceptors (Lipinski definition) is 4. The average molecular weight is 314 g/mol. The molecule has 1 heterocycles. The van der Waals surface area contributed by atoms with Gasteiger partial charge in [-0.05, 0) is 29.3 Å². The van der Waals surface area contributed by atoms with Crippen LogP contribution < -0.4 is 10.9 Å². The fraction of sp³-hybridized carbons (Fsp3) is 0.500. The van der Waals surface area contributed by atoms with Gasteiger partial charge in [0.1, 0.15) is 11.0 Å². The van der Waals surface area contributed by atoms with E-state index in [0.717, 1.165) is 13.0 Å². The van der Waals surface area contributed by atoms with Crippen LogP contribution in [0.25, 0.3) is 0 Å². The molecule has 0 radical (unpaired) electrons. The van der Waals surface area contributed by atoms with Crippen LogP contribution in [0.5, 0.6) is 0 Å². The van der Waals surface area contributed by atoms with Crippen LogP contribution in [-0.4, -0.2) is 29.5 Å². The minimum atomic E-state index is -0.234. The van der Waals surface area contributed by atoms with Crippen molar-refractivity contribution in [3.8, 4) is 12.3 Å². The van der Waals surface area contributed by atoms with Gasteiger partial charge in [-0.3, -0.25) is 4.79 Å². The molecule has 98 valence electrons. The Balaban J connectivity index is 2.60. The number of anilines is 1. The number of nitrogens with one attached hydrogen (secondary N) is 1. The highest BCUT2D eigenvalue weighted by Gasteiger charge is 2.07. The van der Waals surface area contributed by atoms with E-state index in [4.69, 9.17) is 11.2 Å². The van der Waals surface area contributed by atoms with Gasteiger partial charge < -0.3 is 10.1 Å². The first-order valence-corrected chi connectivity index (χ1v) is 6.50. The van der Waals surface area contributed by atoms with Gasteiger partial charge in [-0.25, -0.2) is 4.68 Å². The standard InChI is InChI=1S/C12H16BrN3O2/c1-3-7-16-12(17)11(13)10(9-15-16)14-6-5-8-18-4-2/h1,9,14H,4-8H2,2H3. The highest BCUT2D eigenvalue weighted by Crippen LogP contribution is 2.15. The van der Waals surface area contributed by atoms with Crippen LogP contribution in [0.15, 0.2) is 15.5 Å². The van der Waals surface area contributed by atoms with E-state index >= 15 is 0 Å². The Bertz CT molecular complexity index is 479. The van der Waals surface area contributed by atoms with E-state index in [-0.39, 0.29) is 12.1 Å². The highest BCUT2D eigenvalue weighted by atomic mass is 79.9. The van der Waals surface area contributed by atoms with Crippen molar-refractivity contribution in [2.45, 2.75) is 19.9 Å².